The van der Waals surface area contributed by atoms with Gasteiger partial charge in [-0.05, 0) is 36.4 Å². The Kier molecular flexibility index (Phi) is 7.40. The summed E-state index contributed by atoms with van der Waals surface area (Å²) in [5.74, 6) is -0.495. The third kappa shape index (κ3) is 5.71. The van der Waals surface area contributed by atoms with Crippen LogP contribution in [-0.4, -0.2) is 44.1 Å². The van der Waals surface area contributed by atoms with Gasteiger partial charge in [0.2, 0.25) is 15.9 Å². The zero-order valence-corrected chi connectivity index (χ0v) is 19.9. The number of carbonyl (C=O) groups excluding carboxylic acids is 1. The van der Waals surface area contributed by atoms with Crippen LogP contribution in [0.2, 0.25) is 0 Å². The van der Waals surface area contributed by atoms with Crippen LogP contribution in [0.25, 0.3) is 21.8 Å². The maximum absolute atomic E-state index is 12.3. The number of nitrogens with one attached hydrogen (secondary N) is 2. The average Bonchev–Trinajstić information content (AvgIpc) is 2.78. The molecule has 0 aliphatic heterocycles. The van der Waals surface area contributed by atoms with E-state index in [2.05, 4.69) is 10.0 Å². The zero-order valence-electron chi connectivity index (χ0n) is 18.3. The van der Waals surface area contributed by atoms with Crippen LogP contribution in [0.15, 0.2) is 72.8 Å². The summed E-state index contributed by atoms with van der Waals surface area (Å²) in [6.07, 6.45) is -0.0653. The number of carbonyl (C=O) groups is 1. The molecule has 0 spiro atoms. The molecule has 172 valence electrons. The Bertz CT molecular complexity index is 1340. The van der Waals surface area contributed by atoms with E-state index in [1.54, 1.807) is 26.2 Å². The van der Waals surface area contributed by atoms with E-state index in [0.717, 1.165) is 33.2 Å². The summed E-state index contributed by atoms with van der Waals surface area (Å²) in [6, 6.07) is 22.9. The first-order chi connectivity index (χ1) is 15.3. The lowest BCUT2D eigenvalue weighted by atomic mass is 10.1. The minimum Gasteiger partial charge on any atom is -0.354 e. The Labute approximate surface area is 199 Å². The Hall–Kier alpha value is -3.36. The Morgan fingerprint density at radius 3 is 1.91 bits per heavy atom. The highest BCUT2D eigenvalue weighted by atomic mass is 35.5. The molecule has 1 aromatic heterocycles. The first-order valence-corrected chi connectivity index (χ1v) is 11.8. The van der Waals surface area contributed by atoms with Gasteiger partial charge in [-0.15, -0.1) is 12.4 Å². The molecular formula is C24H25ClN4O3S. The van der Waals surface area contributed by atoms with Gasteiger partial charge < -0.3 is 10.2 Å². The minimum absolute atomic E-state index is 0. The van der Waals surface area contributed by atoms with Crippen molar-refractivity contribution in [2.24, 2.45) is 0 Å². The van der Waals surface area contributed by atoms with E-state index in [0.29, 0.717) is 5.69 Å². The molecule has 0 unspecified atom stereocenters. The summed E-state index contributed by atoms with van der Waals surface area (Å²) in [6.45, 7) is 0. The number of rotatable bonds is 7. The maximum Gasteiger partial charge on any atom is 0.233 e. The number of sulfonamides is 1. The van der Waals surface area contributed by atoms with Gasteiger partial charge in [-0.2, -0.15) is 0 Å². The molecule has 0 aliphatic rings. The summed E-state index contributed by atoms with van der Waals surface area (Å²) >= 11 is 0. The first-order valence-electron chi connectivity index (χ1n) is 10.2. The van der Waals surface area contributed by atoms with Crippen LogP contribution in [0.3, 0.4) is 0 Å². The lowest BCUT2D eigenvalue weighted by Crippen LogP contribution is -2.26. The van der Waals surface area contributed by atoms with E-state index < -0.39 is 10.0 Å². The number of para-hydroxylation sites is 2. The van der Waals surface area contributed by atoms with Crippen molar-refractivity contribution in [2.45, 2.75) is 6.42 Å². The molecule has 2 N–H and O–H groups in total. The van der Waals surface area contributed by atoms with E-state index in [1.165, 1.54) is 4.90 Å². The second kappa shape index (κ2) is 10.1. The van der Waals surface area contributed by atoms with Crippen molar-refractivity contribution >= 4 is 67.2 Å². The first kappa shape index (κ1) is 24.3. The third-order valence-electron chi connectivity index (χ3n) is 5.10. The fourth-order valence-corrected chi connectivity index (χ4v) is 4.46. The lowest BCUT2D eigenvalue weighted by molar-refractivity contribution is -0.128. The lowest BCUT2D eigenvalue weighted by Gasteiger charge is -2.14. The van der Waals surface area contributed by atoms with Gasteiger partial charge in [-0.25, -0.2) is 13.4 Å². The molecule has 0 fully saturated rings. The fraction of sp³-hybridized carbons (Fsp3) is 0.167. The summed E-state index contributed by atoms with van der Waals surface area (Å²) in [4.78, 5) is 17.8. The largest absolute Gasteiger partial charge is 0.354 e. The topological polar surface area (TPSA) is 91.4 Å². The molecule has 0 atom stereocenters. The number of fused-ring (bicyclic) bond motifs is 2. The van der Waals surface area contributed by atoms with Crippen LogP contribution in [0.1, 0.15) is 6.42 Å². The number of benzene rings is 3. The molecule has 0 radical (unpaired) electrons. The number of pyridine rings is 1. The third-order valence-corrected chi connectivity index (χ3v) is 6.39. The molecular weight excluding hydrogens is 460 g/mol. The van der Waals surface area contributed by atoms with Crippen LogP contribution in [0.4, 0.5) is 17.1 Å². The van der Waals surface area contributed by atoms with E-state index >= 15 is 0 Å². The molecule has 1 heterocycles. The van der Waals surface area contributed by atoms with Gasteiger partial charge in [-0.1, -0.05) is 36.4 Å². The number of nitrogens with zero attached hydrogens (tertiary/aromatic N) is 2. The fourth-order valence-electron chi connectivity index (χ4n) is 3.42. The summed E-state index contributed by atoms with van der Waals surface area (Å²) < 4.78 is 27.1. The predicted molar refractivity (Wildman–Crippen MR) is 137 cm³/mol. The summed E-state index contributed by atoms with van der Waals surface area (Å²) in [5.41, 5.74) is 3.99. The van der Waals surface area contributed by atoms with Gasteiger partial charge in [-0.3, -0.25) is 9.52 Å². The molecule has 0 aliphatic carbocycles. The highest BCUT2D eigenvalue weighted by Gasteiger charge is 2.15. The molecule has 1 amide bonds. The zero-order chi connectivity index (χ0) is 22.7. The second-order valence-electron chi connectivity index (χ2n) is 7.68. The Morgan fingerprint density at radius 1 is 0.848 bits per heavy atom. The van der Waals surface area contributed by atoms with Gasteiger partial charge in [0.05, 0.1) is 22.5 Å². The van der Waals surface area contributed by atoms with E-state index in [1.807, 2.05) is 60.7 Å². The smallest absolute Gasteiger partial charge is 0.233 e. The van der Waals surface area contributed by atoms with Crippen LogP contribution in [-0.2, 0) is 14.8 Å². The van der Waals surface area contributed by atoms with E-state index in [-0.39, 0.29) is 30.5 Å². The summed E-state index contributed by atoms with van der Waals surface area (Å²) in [5, 5.41) is 5.47. The molecule has 0 saturated heterocycles. The summed E-state index contributed by atoms with van der Waals surface area (Å²) in [7, 11) is -0.418. The van der Waals surface area contributed by atoms with Crippen molar-refractivity contribution in [3.05, 3.63) is 72.8 Å². The van der Waals surface area contributed by atoms with Crippen molar-refractivity contribution in [3.63, 3.8) is 0 Å². The maximum atomic E-state index is 12.3. The van der Waals surface area contributed by atoms with Crippen LogP contribution in [0.5, 0.6) is 0 Å². The van der Waals surface area contributed by atoms with Crippen molar-refractivity contribution in [1.82, 2.24) is 9.88 Å². The van der Waals surface area contributed by atoms with E-state index in [9.17, 15) is 13.2 Å². The second-order valence-corrected chi connectivity index (χ2v) is 9.52. The van der Waals surface area contributed by atoms with Crippen LogP contribution >= 0.6 is 12.4 Å². The monoisotopic (exact) mass is 484 g/mol. The normalized spacial score (nSPS) is 11.1. The Balaban J connectivity index is 0.00000306. The van der Waals surface area contributed by atoms with Crippen molar-refractivity contribution < 1.29 is 13.2 Å². The van der Waals surface area contributed by atoms with Gasteiger partial charge in [0, 0.05) is 42.7 Å². The number of amides is 1. The van der Waals surface area contributed by atoms with Gasteiger partial charge in [0.15, 0.2) is 0 Å². The standard InChI is InChI=1S/C24H24N4O3S.ClH/c1-28(2)23(29)15-16-32(30,31)27-18-13-11-17(12-14-18)25-24-19-7-3-5-9-21(19)26-22-10-6-4-8-20(22)24;/h3-14,27H,15-16H2,1-2H3,(H,25,26);1H. The SMILES string of the molecule is CN(C)C(=O)CCS(=O)(=O)Nc1ccc(Nc2c3ccccc3nc3ccccc23)cc1.Cl. The minimum atomic E-state index is -3.62. The molecule has 3 aromatic carbocycles. The number of aromatic nitrogens is 1. The number of anilines is 3. The highest BCUT2D eigenvalue weighted by molar-refractivity contribution is 7.92. The van der Waals surface area contributed by atoms with Gasteiger partial charge in [0.1, 0.15) is 0 Å². The molecule has 0 saturated carbocycles. The number of hydrogen-bond donors (Lipinski definition) is 2. The quantitative estimate of drug-likeness (QED) is 0.368. The average molecular weight is 485 g/mol. The van der Waals surface area contributed by atoms with Crippen LogP contribution in [0, 0.1) is 0 Å². The molecule has 33 heavy (non-hydrogen) atoms. The van der Waals surface area contributed by atoms with Gasteiger partial charge in [0.25, 0.3) is 0 Å². The van der Waals surface area contributed by atoms with Crippen LogP contribution < -0.4 is 10.0 Å². The van der Waals surface area contributed by atoms with Crippen molar-refractivity contribution in [1.29, 1.82) is 0 Å². The van der Waals surface area contributed by atoms with Gasteiger partial charge >= 0.3 is 0 Å². The molecule has 4 aromatic rings. The molecule has 9 heteroatoms. The van der Waals surface area contributed by atoms with E-state index in [4.69, 9.17) is 4.98 Å². The number of hydrogen-bond acceptors (Lipinski definition) is 5. The van der Waals surface area contributed by atoms with Crippen molar-refractivity contribution in [2.75, 3.05) is 29.9 Å². The van der Waals surface area contributed by atoms with Crippen molar-refractivity contribution in [3.8, 4) is 0 Å². The Morgan fingerprint density at radius 2 is 1.36 bits per heavy atom. The predicted octanol–water partition coefficient (Wildman–Crippen LogP) is 4.77. The molecule has 0 bridgehead atoms. The molecule has 4 rings (SSSR count). The molecule has 7 nitrogen and oxygen atoms in total. The highest BCUT2D eigenvalue weighted by Crippen LogP contribution is 2.33. The number of halogens is 1.